The van der Waals surface area contributed by atoms with Crippen LogP contribution in [-0.2, 0) is 0 Å². The Morgan fingerprint density at radius 1 is 1.21 bits per heavy atom. The molecular weight excluding hydrogens is 302 g/mol. The number of hydrogen-bond acceptors (Lipinski definition) is 5. The van der Waals surface area contributed by atoms with Crippen molar-refractivity contribution in [3.8, 4) is 0 Å². The van der Waals surface area contributed by atoms with Gasteiger partial charge in [0, 0.05) is 24.9 Å². The molecule has 1 saturated carbocycles. The molecule has 0 bridgehead atoms. The summed E-state index contributed by atoms with van der Waals surface area (Å²) >= 11 is 0. The Morgan fingerprint density at radius 2 is 2.00 bits per heavy atom. The summed E-state index contributed by atoms with van der Waals surface area (Å²) in [6.45, 7) is 4.65. The molecule has 5 heteroatoms. The van der Waals surface area contributed by atoms with Gasteiger partial charge in [-0.3, -0.25) is 4.90 Å². The molecule has 2 heterocycles. The summed E-state index contributed by atoms with van der Waals surface area (Å²) in [6.07, 6.45) is 3.05. The maximum atomic E-state index is 10.6. The standard InChI is InChI=1S/C19H25N3O2/c1-13(14-5-3-2-4-6-14)17(23)12-22-10-9-16(11-22)19-20-18(21-24-19)15-7-8-15/h2-6,13,15-17,23H,7-12H2,1H3. The number of β-amino-alcohol motifs (C(OH)–C–C–N with tert-alkyl or cyclic N) is 1. The summed E-state index contributed by atoms with van der Waals surface area (Å²) in [4.78, 5) is 6.90. The highest BCUT2D eigenvalue weighted by molar-refractivity contribution is 5.20. The topological polar surface area (TPSA) is 62.4 Å². The van der Waals surface area contributed by atoms with Gasteiger partial charge >= 0.3 is 0 Å². The largest absolute Gasteiger partial charge is 0.391 e. The fourth-order valence-corrected chi connectivity index (χ4v) is 3.52. The average Bonchev–Trinajstić information content (AvgIpc) is 3.16. The zero-order valence-corrected chi connectivity index (χ0v) is 14.1. The number of rotatable bonds is 6. The molecule has 24 heavy (non-hydrogen) atoms. The Morgan fingerprint density at radius 3 is 2.75 bits per heavy atom. The molecule has 4 rings (SSSR count). The Bertz CT molecular complexity index is 668. The molecule has 1 aromatic heterocycles. The monoisotopic (exact) mass is 327 g/mol. The van der Waals surface area contributed by atoms with E-state index in [2.05, 4.69) is 34.1 Å². The van der Waals surface area contributed by atoms with E-state index < -0.39 is 0 Å². The molecule has 3 atom stereocenters. The molecule has 5 nitrogen and oxygen atoms in total. The number of aliphatic hydroxyl groups is 1. The molecule has 1 saturated heterocycles. The molecule has 2 fully saturated rings. The summed E-state index contributed by atoms with van der Waals surface area (Å²) in [5.74, 6) is 2.65. The lowest BCUT2D eigenvalue weighted by Crippen LogP contribution is -2.33. The van der Waals surface area contributed by atoms with Crippen LogP contribution in [-0.4, -0.2) is 45.9 Å². The van der Waals surface area contributed by atoms with Gasteiger partial charge in [-0.1, -0.05) is 42.4 Å². The number of hydrogen-bond donors (Lipinski definition) is 1. The molecule has 1 aliphatic carbocycles. The fraction of sp³-hybridized carbons (Fsp3) is 0.579. The van der Waals surface area contributed by atoms with Gasteiger partial charge in [-0.2, -0.15) is 4.98 Å². The molecule has 0 amide bonds. The Hall–Kier alpha value is -1.72. The van der Waals surface area contributed by atoms with E-state index in [4.69, 9.17) is 4.52 Å². The van der Waals surface area contributed by atoms with Gasteiger partial charge in [0.2, 0.25) is 5.89 Å². The first-order valence-corrected chi connectivity index (χ1v) is 8.99. The van der Waals surface area contributed by atoms with Gasteiger partial charge < -0.3 is 9.63 Å². The number of benzene rings is 1. The van der Waals surface area contributed by atoms with E-state index in [9.17, 15) is 5.11 Å². The van der Waals surface area contributed by atoms with Crippen LogP contribution >= 0.6 is 0 Å². The normalized spacial score (nSPS) is 24.2. The minimum atomic E-state index is -0.365. The van der Waals surface area contributed by atoms with Gasteiger partial charge in [0.25, 0.3) is 0 Å². The predicted octanol–water partition coefficient (Wildman–Crippen LogP) is 2.90. The molecule has 1 aromatic carbocycles. The smallest absolute Gasteiger partial charge is 0.231 e. The molecule has 2 aromatic rings. The Labute approximate surface area is 142 Å². The molecule has 2 aliphatic rings. The van der Waals surface area contributed by atoms with Crippen LogP contribution in [0.3, 0.4) is 0 Å². The predicted molar refractivity (Wildman–Crippen MR) is 90.9 cm³/mol. The van der Waals surface area contributed by atoms with Gasteiger partial charge in [0.15, 0.2) is 5.82 Å². The van der Waals surface area contributed by atoms with Crippen molar-refractivity contribution in [2.75, 3.05) is 19.6 Å². The summed E-state index contributed by atoms with van der Waals surface area (Å²) in [6, 6.07) is 10.2. The lowest BCUT2D eigenvalue weighted by Gasteiger charge is -2.24. The second kappa shape index (κ2) is 6.65. The van der Waals surface area contributed by atoms with E-state index in [1.165, 1.54) is 18.4 Å². The van der Waals surface area contributed by atoms with Crippen molar-refractivity contribution < 1.29 is 9.63 Å². The second-order valence-electron chi connectivity index (χ2n) is 7.28. The summed E-state index contributed by atoms with van der Waals surface area (Å²) in [5, 5.41) is 14.7. The fourth-order valence-electron chi connectivity index (χ4n) is 3.52. The van der Waals surface area contributed by atoms with Gasteiger partial charge in [0.1, 0.15) is 0 Å². The lowest BCUT2D eigenvalue weighted by molar-refractivity contribution is 0.104. The van der Waals surface area contributed by atoms with Crippen LogP contribution in [0.15, 0.2) is 34.9 Å². The van der Waals surface area contributed by atoms with Gasteiger partial charge in [-0.05, 0) is 31.4 Å². The highest BCUT2D eigenvalue weighted by Gasteiger charge is 2.33. The summed E-state index contributed by atoms with van der Waals surface area (Å²) in [5.41, 5.74) is 1.19. The van der Waals surface area contributed by atoms with E-state index >= 15 is 0 Å². The Kier molecular flexibility index (Phi) is 4.37. The SMILES string of the molecule is CC(c1ccccc1)C(O)CN1CCC(c2nc(C3CC3)no2)C1. The maximum absolute atomic E-state index is 10.6. The first-order chi connectivity index (χ1) is 11.7. The number of aliphatic hydroxyl groups excluding tert-OH is 1. The third-order valence-electron chi connectivity index (χ3n) is 5.37. The molecule has 0 spiro atoms. The van der Waals surface area contributed by atoms with Crippen LogP contribution < -0.4 is 0 Å². The van der Waals surface area contributed by atoms with Crippen molar-refractivity contribution in [1.82, 2.24) is 15.0 Å². The third kappa shape index (κ3) is 3.37. The van der Waals surface area contributed by atoms with Crippen molar-refractivity contribution in [3.63, 3.8) is 0 Å². The van der Waals surface area contributed by atoms with Crippen LogP contribution in [0.1, 0.15) is 61.2 Å². The Balaban J connectivity index is 1.33. The van der Waals surface area contributed by atoms with Crippen molar-refractivity contribution in [1.29, 1.82) is 0 Å². The van der Waals surface area contributed by atoms with Crippen molar-refractivity contribution in [2.45, 2.75) is 50.0 Å². The molecule has 1 N–H and O–H groups in total. The highest BCUT2D eigenvalue weighted by Crippen LogP contribution is 2.39. The van der Waals surface area contributed by atoms with Crippen LogP contribution in [0.2, 0.25) is 0 Å². The first kappa shape index (κ1) is 15.8. The molecule has 0 radical (unpaired) electrons. The van der Waals surface area contributed by atoms with Gasteiger partial charge in [-0.15, -0.1) is 0 Å². The van der Waals surface area contributed by atoms with E-state index in [0.717, 1.165) is 31.2 Å². The summed E-state index contributed by atoms with van der Waals surface area (Å²) in [7, 11) is 0. The summed E-state index contributed by atoms with van der Waals surface area (Å²) < 4.78 is 5.47. The number of aromatic nitrogens is 2. The van der Waals surface area contributed by atoms with Crippen LogP contribution in [0.25, 0.3) is 0 Å². The maximum Gasteiger partial charge on any atom is 0.231 e. The zero-order valence-electron chi connectivity index (χ0n) is 14.1. The molecule has 1 aliphatic heterocycles. The molecule has 128 valence electrons. The van der Waals surface area contributed by atoms with Crippen molar-refractivity contribution >= 4 is 0 Å². The van der Waals surface area contributed by atoms with Gasteiger partial charge in [0.05, 0.1) is 12.0 Å². The van der Waals surface area contributed by atoms with E-state index in [1.54, 1.807) is 0 Å². The first-order valence-electron chi connectivity index (χ1n) is 8.99. The van der Waals surface area contributed by atoms with Crippen LogP contribution in [0, 0.1) is 0 Å². The second-order valence-corrected chi connectivity index (χ2v) is 7.28. The van der Waals surface area contributed by atoms with Crippen LogP contribution in [0.5, 0.6) is 0 Å². The van der Waals surface area contributed by atoms with Crippen molar-refractivity contribution in [2.24, 2.45) is 0 Å². The number of nitrogens with zero attached hydrogens (tertiary/aromatic N) is 3. The minimum absolute atomic E-state index is 0.134. The third-order valence-corrected chi connectivity index (χ3v) is 5.37. The van der Waals surface area contributed by atoms with E-state index in [1.807, 2.05) is 18.2 Å². The quantitative estimate of drug-likeness (QED) is 0.884. The van der Waals surface area contributed by atoms with Crippen molar-refractivity contribution in [3.05, 3.63) is 47.6 Å². The van der Waals surface area contributed by atoms with Gasteiger partial charge in [-0.25, -0.2) is 0 Å². The lowest BCUT2D eigenvalue weighted by atomic mass is 9.95. The van der Waals surface area contributed by atoms with Crippen LogP contribution in [0.4, 0.5) is 0 Å². The number of likely N-dealkylation sites (tertiary alicyclic amines) is 1. The minimum Gasteiger partial charge on any atom is -0.391 e. The molecule has 3 unspecified atom stereocenters. The highest BCUT2D eigenvalue weighted by atomic mass is 16.5. The molecular formula is C19H25N3O2. The zero-order chi connectivity index (χ0) is 16.5. The van der Waals surface area contributed by atoms with E-state index in [-0.39, 0.29) is 12.0 Å². The average molecular weight is 327 g/mol. The van der Waals surface area contributed by atoms with E-state index in [0.29, 0.717) is 18.4 Å².